The lowest BCUT2D eigenvalue weighted by Crippen LogP contribution is -2.28. The number of nitrogens with one attached hydrogen (secondary N) is 1. The molecule has 2 N–H and O–H groups in total. The molecule has 0 bridgehead atoms. The standard InChI is InChI=1S/C17H21NO/c19-13-17(9-10-17)12-18-11-8-15-6-3-5-14-4-1-2-7-16(14)15/h1-7,18-19H,8-13H2. The molecule has 0 spiro atoms. The molecule has 3 rings (SSSR count). The van der Waals surface area contributed by atoms with E-state index in [1.54, 1.807) is 0 Å². The van der Waals surface area contributed by atoms with Crippen molar-refractivity contribution in [3.8, 4) is 0 Å². The summed E-state index contributed by atoms with van der Waals surface area (Å²) in [4.78, 5) is 0. The van der Waals surface area contributed by atoms with Crippen LogP contribution in [0.4, 0.5) is 0 Å². The van der Waals surface area contributed by atoms with E-state index in [1.165, 1.54) is 29.2 Å². The van der Waals surface area contributed by atoms with Crippen LogP contribution in [0.1, 0.15) is 18.4 Å². The van der Waals surface area contributed by atoms with Gasteiger partial charge in [-0.25, -0.2) is 0 Å². The first-order chi connectivity index (χ1) is 9.33. The molecule has 19 heavy (non-hydrogen) atoms. The first-order valence-corrected chi connectivity index (χ1v) is 7.11. The highest BCUT2D eigenvalue weighted by molar-refractivity contribution is 5.85. The minimum absolute atomic E-state index is 0.207. The van der Waals surface area contributed by atoms with Crippen LogP contribution >= 0.6 is 0 Å². The third kappa shape index (κ3) is 2.80. The van der Waals surface area contributed by atoms with Gasteiger partial charge >= 0.3 is 0 Å². The van der Waals surface area contributed by atoms with Crippen molar-refractivity contribution >= 4 is 10.8 Å². The zero-order valence-electron chi connectivity index (χ0n) is 11.2. The Bertz CT molecular complexity index is 555. The predicted octanol–water partition coefficient (Wildman–Crippen LogP) is 2.74. The second kappa shape index (κ2) is 5.32. The van der Waals surface area contributed by atoms with Crippen LogP contribution in [0.15, 0.2) is 42.5 Å². The summed E-state index contributed by atoms with van der Waals surface area (Å²) in [5.74, 6) is 0. The van der Waals surface area contributed by atoms with Crippen molar-refractivity contribution < 1.29 is 5.11 Å². The van der Waals surface area contributed by atoms with Crippen LogP contribution in [-0.4, -0.2) is 24.8 Å². The fourth-order valence-electron chi connectivity index (χ4n) is 2.65. The highest BCUT2D eigenvalue weighted by atomic mass is 16.3. The number of fused-ring (bicyclic) bond motifs is 1. The van der Waals surface area contributed by atoms with E-state index in [0.717, 1.165) is 19.5 Å². The summed E-state index contributed by atoms with van der Waals surface area (Å²) in [6.45, 7) is 2.26. The van der Waals surface area contributed by atoms with Crippen molar-refractivity contribution in [3.05, 3.63) is 48.0 Å². The van der Waals surface area contributed by atoms with Crippen LogP contribution < -0.4 is 5.32 Å². The molecule has 1 aliphatic carbocycles. The smallest absolute Gasteiger partial charge is 0.0499 e. The van der Waals surface area contributed by atoms with Gasteiger partial charge in [-0.1, -0.05) is 42.5 Å². The number of hydrogen-bond acceptors (Lipinski definition) is 2. The highest BCUT2D eigenvalue weighted by Crippen LogP contribution is 2.44. The summed E-state index contributed by atoms with van der Waals surface area (Å²) >= 11 is 0. The number of hydrogen-bond donors (Lipinski definition) is 2. The van der Waals surface area contributed by atoms with E-state index in [4.69, 9.17) is 0 Å². The van der Waals surface area contributed by atoms with Crippen LogP contribution in [0, 0.1) is 5.41 Å². The van der Waals surface area contributed by atoms with Crippen molar-refractivity contribution in [3.63, 3.8) is 0 Å². The zero-order chi connectivity index (χ0) is 13.1. The third-order valence-corrected chi connectivity index (χ3v) is 4.24. The van der Waals surface area contributed by atoms with Crippen LogP contribution in [0.5, 0.6) is 0 Å². The Morgan fingerprint density at radius 1 is 1.05 bits per heavy atom. The Kier molecular flexibility index (Phi) is 3.54. The number of rotatable bonds is 6. The van der Waals surface area contributed by atoms with Gasteiger partial charge in [0.05, 0.1) is 0 Å². The summed E-state index contributed by atoms with van der Waals surface area (Å²) < 4.78 is 0. The monoisotopic (exact) mass is 255 g/mol. The number of benzene rings is 2. The van der Waals surface area contributed by atoms with E-state index in [-0.39, 0.29) is 5.41 Å². The summed E-state index contributed by atoms with van der Waals surface area (Å²) in [5.41, 5.74) is 1.61. The topological polar surface area (TPSA) is 32.3 Å². The molecule has 1 saturated carbocycles. The molecule has 0 saturated heterocycles. The van der Waals surface area contributed by atoms with Crippen molar-refractivity contribution in [2.45, 2.75) is 19.3 Å². The maximum Gasteiger partial charge on any atom is 0.0499 e. The fraction of sp³-hybridized carbons (Fsp3) is 0.412. The SMILES string of the molecule is OCC1(CNCCc2cccc3ccccc23)CC1. The quantitative estimate of drug-likeness (QED) is 0.778. The first-order valence-electron chi connectivity index (χ1n) is 7.11. The van der Waals surface area contributed by atoms with E-state index < -0.39 is 0 Å². The van der Waals surface area contributed by atoms with Gasteiger partial charge in [-0.15, -0.1) is 0 Å². The fourth-order valence-corrected chi connectivity index (χ4v) is 2.65. The maximum absolute atomic E-state index is 9.27. The zero-order valence-corrected chi connectivity index (χ0v) is 11.2. The van der Waals surface area contributed by atoms with Gasteiger partial charge in [0, 0.05) is 18.6 Å². The molecule has 100 valence electrons. The Labute approximate surface area is 114 Å². The molecule has 2 heteroatoms. The summed E-state index contributed by atoms with van der Waals surface area (Å²) in [6.07, 6.45) is 3.39. The van der Waals surface area contributed by atoms with Gasteiger partial charge in [0.15, 0.2) is 0 Å². The molecule has 1 aliphatic rings. The second-order valence-electron chi connectivity index (χ2n) is 5.72. The summed E-state index contributed by atoms with van der Waals surface area (Å²) in [7, 11) is 0. The van der Waals surface area contributed by atoms with E-state index in [0.29, 0.717) is 6.61 Å². The van der Waals surface area contributed by atoms with Crippen LogP contribution in [0.25, 0.3) is 10.8 Å². The number of aliphatic hydroxyl groups is 1. The maximum atomic E-state index is 9.27. The Morgan fingerprint density at radius 2 is 1.84 bits per heavy atom. The molecular weight excluding hydrogens is 234 g/mol. The van der Waals surface area contributed by atoms with Crippen LogP contribution in [-0.2, 0) is 6.42 Å². The highest BCUT2D eigenvalue weighted by Gasteiger charge is 2.41. The third-order valence-electron chi connectivity index (χ3n) is 4.24. The van der Waals surface area contributed by atoms with Gasteiger partial charge in [-0.2, -0.15) is 0 Å². The van der Waals surface area contributed by atoms with Gasteiger partial charge in [0.25, 0.3) is 0 Å². The lowest BCUT2D eigenvalue weighted by Gasteiger charge is -2.13. The molecule has 2 aromatic rings. The molecule has 0 amide bonds. The van der Waals surface area contributed by atoms with Crippen molar-refractivity contribution in [1.29, 1.82) is 0 Å². The molecule has 0 aromatic heterocycles. The van der Waals surface area contributed by atoms with Crippen LogP contribution in [0.3, 0.4) is 0 Å². The van der Waals surface area contributed by atoms with Gasteiger partial charge in [-0.05, 0) is 42.1 Å². The molecule has 0 heterocycles. The van der Waals surface area contributed by atoms with Crippen LogP contribution in [0.2, 0.25) is 0 Å². The number of aliphatic hydroxyl groups excluding tert-OH is 1. The minimum atomic E-state index is 0.207. The van der Waals surface area contributed by atoms with E-state index in [2.05, 4.69) is 47.8 Å². The first kappa shape index (κ1) is 12.6. The summed E-state index contributed by atoms with van der Waals surface area (Å²) in [5, 5.41) is 15.4. The van der Waals surface area contributed by atoms with Gasteiger partial charge in [-0.3, -0.25) is 0 Å². The Balaban J connectivity index is 1.59. The van der Waals surface area contributed by atoms with E-state index >= 15 is 0 Å². The minimum Gasteiger partial charge on any atom is -0.396 e. The van der Waals surface area contributed by atoms with Gasteiger partial charge in [0.1, 0.15) is 0 Å². The predicted molar refractivity (Wildman–Crippen MR) is 79.3 cm³/mol. The lowest BCUT2D eigenvalue weighted by atomic mass is 10.0. The van der Waals surface area contributed by atoms with E-state index in [1.807, 2.05) is 0 Å². The Morgan fingerprint density at radius 3 is 2.63 bits per heavy atom. The molecule has 0 radical (unpaired) electrons. The molecular formula is C17H21NO. The summed E-state index contributed by atoms with van der Waals surface area (Å²) in [6, 6.07) is 15.1. The van der Waals surface area contributed by atoms with Gasteiger partial charge in [0.2, 0.25) is 0 Å². The van der Waals surface area contributed by atoms with Gasteiger partial charge < -0.3 is 10.4 Å². The molecule has 0 unspecified atom stereocenters. The normalized spacial score (nSPS) is 16.7. The Hall–Kier alpha value is -1.38. The van der Waals surface area contributed by atoms with Crippen molar-refractivity contribution in [2.75, 3.05) is 19.7 Å². The molecule has 2 nitrogen and oxygen atoms in total. The average molecular weight is 255 g/mol. The van der Waals surface area contributed by atoms with Crippen molar-refractivity contribution in [1.82, 2.24) is 5.32 Å². The largest absolute Gasteiger partial charge is 0.396 e. The molecule has 0 aliphatic heterocycles. The second-order valence-corrected chi connectivity index (χ2v) is 5.72. The molecule has 2 aromatic carbocycles. The van der Waals surface area contributed by atoms with E-state index in [9.17, 15) is 5.11 Å². The lowest BCUT2D eigenvalue weighted by molar-refractivity contribution is 0.208. The molecule has 1 fully saturated rings. The molecule has 0 atom stereocenters. The average Bonchev–Trinajstić information content (AvgIpc) is 3.24. The van der Waals surface area contributed by atoms with Crippen molar-refractivity contribution in [2.24, 2.45) is 5.41 Å².